The zero-order valence-corrected chi connectivity index (χ0v) is 9.31. The number of nitrogens with zero attached hydrogens (tertiary/aromatic N) is 1. The predicted octanol–water partition coefficient (Wildman–Crippen LogP) is 3.83. The molecular weight excluding hydrogens is 236 g/mol. The first-order chi connectivity index (χ1) is 8.70. The molecule has 0 bridgehead atoms. The van der Waals surface area contributed by atoms with Gasteiger partial charge in [0.15, 0.2) is 0 Å². The molecule has 0 radical (unpaired) electrons. The molecule has 2 rings (SSSR count). The van der Waals surface area contributed by atoms with Gasteiger partial charge in [-0.05, 0) is 23.8 Å². The number of hydrogen-bond acceptors (Lipinski definition) is 2. The van der Waals surface area contributed by atoms with Crippen LogP contribution in [-0.2, 0) is 0 Å². The van der Waals surface area contributed by atoms with Crippen molar-refractivity contribution < 1.29 is 13.5 Å². The van der Waals surface area contributed by atoms with Gasteiger partial charge in [-0.2, -0.15) is 14.0 Å². The highest BCUT2D eigenvalue weighted by Crippen LogP contribution is 2.31. The normalized spacial score (nSPS) is 10.1. The van der Waals surface area contributed by atoms with Gasteiger partial charge >= 0.3 is 6.61 Å². The van der Waals surface area contributed by atoms with E-state index in [1.807, 2.05) is 12.1 Å². The number of hydrogen-bond donors (Lipinski definition) is 0. The molecule has 0 aliphatic carbocycles. The molecule has 2 aromatic rings. The van der Waals surface area contributed by atoms with Crippen LogP contribution >= 0.6 is 0 Å². The monoisotopic (exact) mass is 245 g/mol. The van der Waals surface area contributed by atoms with E-state index in [1.54, 1.807) is 24.3 Å². The van der Waals surface area contributed by atoms with Gasteiger partial charge in [-0.15, -0.1) is 0 Å². The lowest BCUT2D eigenvalue weighted by Crippen LogP contribution is -2.03. The average molecular weight is 245 g/mol. The molecular formula is C14H9F2NO. The fourth-order valence-corrected chi connectivity index (χ4v) is 1.64. The first-order valence-corrected chi connectivity index (χ1v) is 5.25. The van der Waals surface area contributed by atoms with Crippen molar-refractivity contribution in [1.29, 1.82) is 5.26 Å². The van der Waals surface area contributed by atoms with Crippen molar-refractivity contribution in [3.8, 4) is 22.9 Å². The van der Waals surface area contributed by atoms with Gasteiger partial charge in [0.05, 0.1) is 11.6 Å². The van der Waals surface area contributed by atoms with Crippen LogP contribution in [0.25, 0.3) is 11.1 Å². The lowest BCUT2D eigenvalue weighted by Gasteiger charge is -2.11. The summed E-state index contributed by atoms with van der Waals surface area (Å²) >= 11 is 0. The third-order valence-electron chi connectivity index (χ3n) is 2.41. The molecule has 2 nitrogen and oxygen atoms in total. The lowest BCUT2D eigenvalue weighted by molar-refractivity contribution is -0.0494. The summed E-state index contributed by atoms with van der Waals surface area (Å²) < 4.78 is 29.1. The minimum atomic E-state index is -2.89. The van der Waals surface area contributed by atoms with Gasteiger partial charge < -0.3 is 4.74 Å². The minimum Gasteiger partial charge on any atom is -0.434 e. The Hall–Kier alpha value is -2.41. The van der Waals surface area contributed by atoms with E-state index in [-0.39, 0.29) is 5.75 Å². The molecule has 0 spiro atoms. The van der Waals surface area contributed by atoms with Crippen molar-refractivity contribution in [2.75, 3.05) is 0 Å². The van der Waals surface area contributed by atoms with Gasteiger partial charge in [-0.25, -0.2) is 0 Å². The summed E-state index contributed by atoms with van der Waals surface area (Å²) in [6.45, 7) is -2.89. The molecule has 0 aromatic heterocycles. The molecule has 18 heavy (non-hydrogen) atoms. The maximum absolute atomic E-state index is 12.3. The van der Waals surface area contributed by atoms with E-state index < -0.39 is 6.61 Å². The van der Waals surface area contributed by atoms with Crippen LogP contribution in [0.15, 0.2) is 48.5 Å². The Labute approximate surface area is 103 Å². The Bertz CT molecular complexity index is 576. The molecule has 0 aliphatic rings. The topological polar surface area (TPSA) is 33.0 Å². The number of nitriles is 1. The Morgan fingerprint density at radius 2 is 1.78 bits per heavy atom. The second-order valence-electron chi connectivity index (χ2n) is 3.57. The minimum absolute atomic E-state index is 0.0650. The number of ether oxygens (including phenoxy) is 1. The Kier molecular flexibility index (Phi) is 3.54. The summed E-state index contributed by atoms with van der Waals surface area (Å²) in [4.78, 5) is 0. The zero-order chi connectivity index (χ0) is 13.0. The van der Waals surface area contributed by atoms with Crippen molar-refractivity contribution >= 4 is 0 Å². The molecule has 0 amide bonds. The largest absolute Gasteiger partial charge is 0.434 e. The predicted molar refractivity (Wildman–Crippen MR) is 63.2 cm³/mol. The molecule has 0 N–H and O–H groups in total. The van der Waals surface area contributed by atoms with Crippen LogP contribution in [0.1, 0.15) is 5.56 Å². The van der Waals surface area contributed by atoms with Crippen molar-refractivity contribution in [1.82, 2.24) is 0 Å². The Morgan fingerprint density at radius 3 is 2.39 bits per heavy atom. The average Bonchev–Trinajstić information content (AvgIpc) is 2.39. The summed E-state index contributed by atoms with van der Waals surface area (Å²) in [6.07, 6.45) is 0. The van der Waals surface area contributed by atoms with Gasteiger partial charge in [0, 0.05) is 5.56 Å². The second-order valence-corrected chi connectivity index (χ2v) is 3.57. The van der Waals surface area contributed by atoms with E-state index in [9.17, 15) is 8.78 Å². The molecule has 0 saturated heterocycles. The van der Waals surface area contributed by atoms with Crippen molar-refractivity contribution in [2.45, 2.75) is 6.61 Å². The van der Waals surface area contributed by atoms with Gasteiger partial charge in [-0.1, -0.05) is 30.3 Å². The second kappa shape index (κ2) is 5.28. The number of benzene rings is 2. The molecule has 4 heteroatoms. The molecule has 0 unspecified atom stereocenters. The van der Waals surface area contributed by atoms with Crippen LogP contribution in [0, 0.1) is 11.3 Å². The summed E-state index contributed by atoms with van der Waals surface area (Å²) in [7, 11) is 0. The van der Waals surface area contributed by atoms with Crippen LogP contribution in [0.3, 0.4) is 0 Å². The van der Waals surface area contributed by atoms with E-state index in [2.05, 4.69) is 4.74 Å². The van der Waals surface area contributed by atoms with Crippen LogP contribution in [0.2, 0.25) is 0 Å². The van der Waals surface area contributed by atoms with Crippen LogP contribution in [0.4, 0.5) is 8.78 Å². The van der Waals surface area contributed by atoms with Crippen LogP contribution in [0.5, 0.6) is 5.75 Å². The SMILES string of the molecule is N#Cc1ccc(OC(F)F)c(-c2ccccc2)c1. The maximum Gasteiger partial charge on any atom is 0.387 e. The highest BCUT2D eigenvalue weighted by Gasteiger charge is 2.11. The lowest BCUT2D eigenvalue weighted by atomic mass is 10.0. The fourth-order valence-electron chi connectivity index (χ4n) is 1.64. The maximum atomic E-state index is 12.3. The van der Waals surface area contributed by atoms with E-state index in [0.29, 0.717) is 11.1 Å². The first kappa shape index (κ1) is 12.1. The van der Waals surface area contributed by atoms with E-state index >= 15 is 0 Å². The summed E-state index contributed by atoms with van der Waals surface area (Å²) in [6, 6.07) is 15.3. The molecule has 2 aromatic carbocycles. The van der Waals surface area contributed by atoms with Gasteiger partial charge in [0.2, 0.25) is 0 Å². The molecule has 0 atom stereocenters. The van der Waals surface area contributed by atoms with E-state index in [1.165, 1.54) is 18.2 Å². The number of alkyl halides is 2. The van der Waals surface area contributed by atoms with Gasteiger partial charge in [0.1, 0.15) is 5.75 Å². The first-order valence-electron chi connectivity index (χ1n) is 5.25. The Balaban J connectivity index is 2.52. The van der Waals surface area contributed by atoms with Gasteiger partial charge in [0.25, 0.3) is 0 Å². The third kappa shape index (κ3) is 2.64. The molecule has 90 valence electrons. The molecule has 0 aliphatic heterocycles. The van der Waals surface area contributed by atoms with Gasteiger partial charge in [-0.3, -0.25) is 0 Å². The smallest absolute Gasteiger partial charge is 0.387 e. The quantitative estimate of drug-likeness (QED) is 0.823. The summed E-state index contributed by atoms with van der Waals surface area (Å²) in [5.41, 5.74) is 1.61. The van der Waals surface area contributed by atoms with E-state index in [0.717, 1.165) is 5.56 Å². The highest BCUT2D eigenvalue weighted by atomic mass is 19.3. The third-order valence-corrected chi connectivity index (χ3v) is 2.41. The molecule has 0 fully saturated rings. The van der Waals surface area contributed by atoms with Crippen LogP contribution in [-0.4, -0.2) is 6.61 Å². The molecule has 0 heterocycles. The van der Waals surface area contributed by atoms with Crippen molar-refractivity contribution in [3.63, 3.8) is 0 Å². The fraction of sp³-hybridized carbons (Fsp3) is 0.0714. The van der Waals surface area contributed by atoms with E-state index in [4.69, 9.17) is 5.26 Å². The summed E-state index contributed by atoms with van der Waals surface area (Å²) in [5.74, 6) is 0.0650. The summed E-state index contributed by atoms with van der Waals surface area (Å²) in [5, 5.41) is 8.84. The van der Waals surface area contributed by atoms with Crippen molar-refractivity contribution in [3.05, 3.63) is 54.1 Å². The molecule has 0 saturated carbocycles. The standard InChI is InChI=1S/C14H9F2NO/c15-14(16)18-13-7-6-10(9-17)8-12(13)11-4-2-1-3-5-11/h1-8,14H. The Morgan fingerprint density at radius 1 is 1.06 bits per heavy atom. The van der Waals surface area contributed by atoms with Crippen molar-refractivity contribution in [2.24, 2.45) is 0 Å². The highest BCUT2D eigenvalue weighted by molar-refractivity contribution is 5.72. The van der Waals surface area contributed by atoms with Crippen LogP contribution < -0.4 is 4.74 Å². The number of halogens is 2. The zero-order valence-electron chi connectivity index (χ0n) is 9.31. The number of rotatable bonds is 3.